The Balaban J connectivity index is 0.802. The van der Waals surface area contributed by atoms with Crippen molar-refractivity contribution in [2.45, 2.75) is 69.8 Å². The van der Waals surface area contributed by atoms with Crippen LogP contribution in [0.15, 0.2) is 48.7 Å². The fourth-order valence-corrected chi connectivity index (χ4v) is 7.42. The van der Waals surface area contributed by atoms with E-state index in [1.165, 1.54) is 6.20 Å². The summed E-state index contributed by atoms with van der Waals surface area (Å²) in [6, 6.07) is 12.7. The van der Waals surface area contributed by atoms with Crippen molar-refractivity contribution in [1.82, 2.24) is 30.7 Å². The van der Waals surface area contributed by atoms with Crippen LogP contribution in [-0.2, 0) is 27.5 Å². The molecular weight excluding hydrogens is 716 g/mol. The summed E-state index contributed by atoms with van der Waals surface area (Å²) < 4.78 is 6.04. The van der Waals surface area contributed by atoms with Crippen molar-refractivity contribution in [3.8, 4) is 11.8 Å². The third kappa shape index (κ3) is 7.75. The van der Waals surface area contributed by atoms with Crippen LogP contribution in [0.2, 0.25) is 5.02 Å². The van der Waals surface area contributed by atoms with Crippen LogP contribution in [0.4, 0.5) is 5.82 Å². The number of hydrogen-bond donors (Lipinski definition) is 4. The van der Waals surface area contributed by atoms with Crippen molar-refractivity contribution >= 4 is 52.9 Å². The summed E-state index contributed by atoms with van der Waals surface area (Å²) in [7, 11) is 0. The number of benzene rings is 2. The van der Waals surface area contributed by atoms with Gasteiger partial charge in [-0.15, -0.1) is 0 Å². The molecule has 3 aliphatic heterocycles. The Labute approximate surface area is 315 Å². The SMILES string of the molecule is N#Cc1ccc(OC2CCC(NC(=O)c3ccc(NCCNCC(=O)N4Cc5cc6c(cc5C4)C(=O)N(C4CCC(=O)NC4=O)C6=O)nc3)CC2)cc1Cl. The number of imide groups is 2. The second-order valence-electron chi connectivity index (χ2n) is 13.7. The van der Waals surface area contributed by atoms with Crippen LogP contribution in [0, 0.1) is 11.3 Å². The molecule has 54 heavy (non-hydrogen) atoms. The van der Waals surface area contributed by atoms with Gasteiger partial charge in [-0.05, 0) is 79.6 Å². The molecule has 1 unspecified atom stereocenters. The van der Waals surface area contributed by atoms with Gasteiger partial charge < -0.3 is 25.6 Å². The van der Waals surface area contributed by atoms with Crippen LogP contribution in [-0.4, -0.2) is 88.0 Å². The maximum atomic E-state index is 13.2. The number of amides is 6. The number of anilines is 1. The molecule has 6 amide bonds. The second-order valence-corrected chi connectivity index (χ2v) is 14.1. The number of ether oxygens (including phenoxy) is 1. The van der Waals surface area contributed by atoms with Crippen LogP contribution < -0.4 is 26.0 Å². The van der Waals surface area contributed by atoms with E-state index in [4.69, 9.17) is 21.6 Å². The minimum Gasteiger partial charge on any atom is -0.490 e. The number of nitrogens with one attached hydrogen (secondary N) is 4. The van der Waals surface area contributed by atoms with Crippen molar-refractivity contribution in [3.05, 3.63) is 87.1 Å². The quantitative estimate of drug-likeness (QED) is 0.166. The molecule has 0 radical (unpaired) electrons. The van der Waals surface area contributed by atoms with Crippen LogP contribution in [0.3, 0.4) is 0 Å². The van der Waals surface area contributed by atoms with E-state index in [0.29, 0.717) is 40.8 Å². The van der Waals surface area contributed by atoms with E-state index < -0.39 is 29.7 Å². The molecule has 7 rings (SSSR count). The first-order valence-corrected chi connectivity index (χ1v) is 18.2. The Hall–Kier alpha value is -5.85. The summed E-state index contributed by atoms with van der Waals surface area (Å²) in [6.07, 6.45) is 4.74. The molecule has 1 aliphatic carbocycles. The summed E-state index contributed by atoms with van der Waals surface area (Å²) >= 11 is 6.12. The minimum absolute atomic E-state index is 0.00411. The smallest absolute Gasteiger partial charge is 0.262 e. The number of pyridine rings is 1. The molecule has 4 heterocycles. The van der Waals surface area contributed by atoms with Crippen LogP contribution >= 0.6 is 11.6 Å². The van der Waals surface area contributed by atoms with E-state index in [-0.39, 0.29) is 67.6 Å². The Kier molecular flexibility index (Phi) is 10.6. The highest BCUT2D eigenvalue weighted by Crippen LogP contribution is 2.33. The molecule has 15 nitrogen and oxygen atoms in total. The lowest BCUT2D eigenvalue weighted by atomic mass is 9.92. The Morgan fingerprint density at radius 1 is 0.944 bits per heavy atom. The predicted octanol–water partition coefficient (Wildman–Crippen LogP) is 2.67. The highest BCUT2D eigenvalue weighted by molar-refractivity contribution is 6.31. The molecule has 1 atom stereocenters. The fourth-order valence-electron chi connectivity index (χ4n) is 7.21. The molecular formula is C38H37ClN8O7. The third-order valence-electron chi connectivity index (χ3n) is 10.1. The average Bonchev–Trinajstić information content (AvgIpc) is 3.69. The number of fused-ring (bicyclic) bond motifs is 2. The zero-order chi connectivity index (χ0) is 37.9. The number of nitrogens with zero attached hydrogens (tertiary/aromatic N) is 4. The summed E-state index contributed by atoms with van der Waals surface area (Å²) in [4.78, 5) is 83.0. The van der Waals surface area contributed by atoms with Crippen molar-refractivity contribution in [2.75, 3.05) is 25.0 Å². The van der Waals surface area contributed by atoms with Gasteiger partial charge in [0.2, 0.25) is 17.7 Å². The van der Waals surface area contributed by atoms with Gasteiger partial charge in [-0.25, -0.2) is 4.98 Å². The summed E-state index contributed by atoms with van der Waals surface area (Å²) in [5.74, 6) is -1.37. The normalized spacial score (nSPS) is 20.6. The third-order valence-corrected chi connectivity index (χ3v) is 10.4. The van der Waals surface area contributed by atoms with Gasteiger partial charge in [0.25, 0.3) is 17.7 Å². The maximum absolute atomic E-state index is 13.2. The van der Waals surface area contributed by atoms with Crippen LogP contribution in [0.25, 0.3) is 0 Å². The molecule has 4 N–H and O–H groups in total. The lowest BCUT2D eigenvalue weighted by Crippen LogP contribution is -2.54. The molecule has 0 bridgehead atoms. The predicted molar refractivity (Wildman–Crippen MR) is 193 cm³/mol. The van der Waals surface area contributed by atoms with Gasteiger partial charge in [-0.1, -0.05) is 11.6 Å². The number of aromatic nitrogens is 1. The summed E-state index contributed by atoms with van der Waals surface area (Å²) in [5.41, 5.74) is 2.78. The summed E-state index contributed by atoms with van der Waals surface area (Å²) in [6.45, 7) is 1.61. The van der Waals surface area contributed by atoms with Crippen molar-refractivity contribution in [1.29, 1.82) is 5.26 Å². The molecule has 0 spiro atoms. The van der Waals surface area contributed by atoms with Gasteiger partial charge in [0.1, 0.15) is 23.7 Å². The van der Waals surface area contributed by atoms with Gasteiger partial charge in [0, 0.05) is 50.9 Å². The number of piperidine rings is 1. The Morgan fingerprint density at radius 2 is 1.67 bits per heavy atom. The zero-order valence-corrected chi connectivity index (χ0v) is 29.9. The van der Waals surface area contributed by atoms with Gasteiger partial charge in [0.15, 0.2) is 0 Å². The van der Waals surface area contributed by atoms with Gasteiger partial charge >= 0.3 is 0 Å². The zero-order valence-electron chi connectivity index (χ0n) is 29.2. The van der Waals surface area contributed by atoms with Crippen LogP contribution in [0.1, 0.15) is 86.3 Å². The highest BCUT2D eigenvalue weighted by Gasteiger charge is 2.45. The highest BCUT2D eigenvalue weighted by atomic mass is 35.5. The molecule has 1 aromatic heterocycles. The number of nitriles is 1. The maximum Gasteiger partial charge on any atom is 0.262 e. The molecule has 1 saturated heterocycles. The topological polar surface area (TPSA) is 203 Å². The van der Waals surface area contributed by atoms with E-state index >= 15 is 0 Å². The first-order valence-electron chi connectivity index (χ1n) is 17.8. The molecule has 2 aromatic carbocycles. The number of carbonyl (C=O) groups is 6. The van der Waals surface area contributed by atoms with Crippen molar-refractivity contribution in [3.63, 3.8) is 0 Å². The molecule has 2 fully saturated rings. The number of rotatable bonds is 11. The summed E-state index contributed by atoms with van der Waals surface area (Å²) in [5, 5.41) is 21.0. The second kappa shape index (κ2) is 15.6. The van der Waals surface area contributed by atoms with Crippen LogP contribution in [0.5, 0.6) is 5.75 Å². The molecule has 3 aromatic rings. The largest absolute Gasteiger partial charge is 0.490 e. The molecule has 4 aliphatic rings. The van der Waals surface area contributed by atoms with Gasteiger partial charge in [0.05, 0.1) is 39.9 Å². The lowest BCUT2D eigenvalue weighted by Gasteiger charge is -2.29. The standard InChI is InChI=1S/C38H37ClN8O7/c39-30-15-27(5-1-21(30)16-40)54-26-6-3-25(4-7-26)44-35(50)22-2-9-32(43-17-22)42-12-11-41-18-34(49)46-19-23-13-28-29(14-24(23)20-46)38(53)47(37(28)52)31-8-10-33(48)45-36(31)51/h1-2,5,9,13-15,17,25-26,31,41H,3-4,6-8,10-12,18-20H2,(H,42,43)(H,44,50)(H,45,48,51). The number of halogens is 1. The van der Waals surface area contributed by atoms with Gasteiger partial charge in [-0.2, -0.15) is 5.26 Å². The van der Waals surface area contributed by atoms with Crippen molar-refractivity contribution < 1.29 is 33.5 Å². The monoisotopic (exact) mass is 752 g/mol. The number of hydrogen-bond acceptors (Lipinski definition) is 11. The average molecular weight is 753 g/mol. The van der Waals surface area contributed by atoms with Gasteiger partial charge in [-0.3, -0.25) is 39.0 Å². The first-order chi connectivity index (χ1) is 26.1. The van der Waals surface area contributed by atoms with E-state index in [1.54, 1.807) is 47.4 Å². The van der Waals surface area contributed by atoms with Crippen molar-refractivity contribution in [2.24, 2.45) is 0 Å². The minimum atomic E-state index is -1.03. The Morgan fingerprint density at radius 3 is 2.30 bits per heavy atom. The first kappa shape index (κ1) is 36.5. The van der Waals surface area contributed by atoms with E-state index in [1.807, 2.05) is 6.07 Å². The van der Waals surface area contributed by atoms with E-state index in [2.05, 4.69) is 26.3 Å². The van der Waals surface area contributed by atoms with E-state index in [0.717, 1.165) is 41.7 Å². The fraction of sp³-hybridized carbons (Fsp3) is 0.368. The number of carbonyl (C=O) groups excluding carboxylic acids is 6. The molecule has 278 valence electrons. The molecule has 16 heteroatoms. The Bertz CT molecular complexity index is 2030. The lowest BCUT2D eigenvalue weighted by molar-refractivity contribution is -0.136. The molecule has 1 saturated carbocycles. The van der Waals surface area contributed by atoms with E-state index in [9.17, 15) is 28.8 Å².